The van der Waals surface area contributed by atoms with Gasteiger partial charge < -0.3 is 29.8 Å². The molecule has 0 spiro atoms. The molecule has 0 amide bonds. The topological polar surface area (TPSA) is 156 Å². The van der Waals surface area contributed by atoms with Crippen LogP contribution >= 0.6 is 0 Å². The Labute approximate surface area is 181 Å². The molecule has 1 aromatic heterocycles. The number of carbonyl (C=O) groups excluding carboxylic acids is 2. The number of aromatic nitrogens is 2. The molecule has 1 heterocycles. The van der Waals surface area contributed by atoms with Crippen molar-refractivity contribution in [3.05, 3.63) is 11.8 Å². The number of esters is 1. The molecule has 1 aromatic rings. The first-order chi connectivity index (χ1) is 12.2. The van der Waals surface area contributed by atoms with Gasteiger partial charge in [-0.1, -0.05) is 0 Å². The molecule has 0 aliphatic heterocycles. The molecular weight excluding hydrogens is 369 g/mol. The van der Waals surface area contributed by atoms with Gasteiger partial charge in [0, 0.05) is 21.3 Å². The van der Waals surface area contributed by atoms with Crippen LogP contribution in [0.2, 0.25) is 0 Å². The third-order valence-corrected chi connectivity index (χ3v) is 2.56. The number of rotatable bonds is 6. The van der Waals surface area contributed by atoms with E-state index in [4.69, 9.17) is 20.5 Å². The average molecular weight is 395 g/mol. The van der Waals surface area contributed by atoms with E-state index in [0.29, 0.717) is 6.61 Å². The van der Waals surface area contributed by atoms with Gasteiger partial charge in [0.1, 0.15) is 12.2 Å². The first-order valence-electron chi connectivity index (χ1n) is 7.39. The van der Waals surface area contributed by atoms with Gasteiger partial charge in [-0.05, 0) is 21.0 Å². The number of nitriles is 1. The SMILES string of the molecule is CCOC(=O)CC#N.COC(OC)N(C)C.Cn1ncc(C(=O)[O-])c1N.[Na+]. The first-order valence-corrected chi connectivity index (χ1v) is 7.39. The molecule has 0 aliphatic carbocycles. The Hall–Kier alpha value is -1.68. The van der Waals surface area contributed by atoms with E-state index in [1.807, 2.05) is 19.0 Å². The second kappa shape index (κ2) is 17.7. The summed E-state index contributed by atoms with van der Waals surface area (Å²) in [5.74, 6) is -1.64. The van der Waals surface area contributed by atoms with Gasteiger partial charge in [-0.25, -0.2) is 0 Å². The fourth-order valence-corrected chi connectivity index (χ4v) is 1.40. The molecule has 0 aromatic carbocycles. The van der Waals surface area contributed by atoms with Crippen LogP contribution in [0.1, 0.15) is 23.7 Å². The summed E-state index contributed by atoms with van der Waals surface area (Å²) < 4.78 is 15.4. The predicted octanol–water partition coefficient (Wildman–Crippen LogP) is -4.04. The number of nitrogens with zero attached hydrogens (tertiary/aromatic N) is 4. The Kier molecular flexibility index (Phi) is 19.7. The van der Waals surface area contributed by atoms with Crippen LogP contribution in [0, 0.1) is 11.3 Å². The molecule has 0 bridgehead atoms. The van der Waals surface area contributed by atoms with Crippen LogP contribution in [0.15, 0.2) is 6.20 Å². The molecule has 2 N–H and O–H groups in total. The van der Waals surface area contributed by atoms with Gasteiger partial charge in [-0.2, -0.15) is 10.4 Å². The van der Waals surface area contributed by atoms with Crippen molar-refractivity contribution in [1.82, 2.24) is 14.7 Å². The number of anilines is 1. The minimum atomic E-state index is -1.30. The average Bonchev–Trinajstić information content (AvgIpc) is 2.90. The number of hydrogen-bond acceptors (Lipinski definition) is 10. The van der Waals surface area contributed by atoms with E-state index in [1.165, 1.54) is 4.68 Å². The van der Waals surface area contributed by atoms with Gasteiger partial charge in [0.15, 0.2) is 0 Å². The van der Waals surface area contributed by atoms with Crippen molar-refractivity contribution in [2.24, 2.45) is 7.05 Å². The van der Waals surface area contributed by atoms with Crippen molar-refractivity contribution in [3.63, 3.8) is 0 Å². The van der Waals surface area contributed by atoms with Crippen LogP contribution in [0.5, 0.6) is 0 Å². The van der Waals surface area contributed by atoms with Crippen molar-refractivity contribution in [2.45, 2.75) is 19.8 Å². The van der Waals surface area contributed by atoms with Gasteiger partial charge in [-0.3, -0.25) is 14.4 Å². The van der Waals surface area contributed by atoms with Gasteiger partial charge >= 0.3 is 35.5 Å². The molecule has 0 saturated heterocycles. The second-order valence-corrected chi connectivity index (χ2v) is 4.74. The molecule has 0 atom stereocenters. The zero-order chi connectivity index (χ0) is 20.7. The summed E-state index contributed by atoms with van der Waals surface area (Å²) >= 11 is 0. The standard InChI is InChI=1S/C5H7N3O2.C5H13NO2.C5H7NO2.Na/c1-8-4(6)3(2-7-8)5(9)10;1-6(2)5(7-3)8-4;1-2-8-5(7)3-4-6;/h2H,6H2,1H3,(H,9,10);5H,1-4H3;2-3H2,1H3;/q;;;+1/p-1. The number of carbonyl (C=O) groups is 2. The number of aromatic carboxylic acids is 1. The normalized spacial score (nSPS) is 9.15. The van der Waals surface area contributed by atoms with E-state index in [0.717, 1.165) is 6.20 Å². The number of carboxylic acid groups (broad SMARTS) is 1. The van der Waals surface area contributed by atoms with E-state index in [1.54, 1.807) is 34.3 Å². The number of aryl methyl sites for hydroxylation is 1. The Morgan fingerprint density at radius 1 is 1.41 bits per heavy atom. The quantitative estimate of drug-likeness (QED) is 0.286. The number of methoxy groups -OCH3 is 2. The smallest absolute Gasteiger partial charge is 0.545 e. The van der Waals surface area contributed by atoms with Crippen molar-refractivity contribution in [1.29, 1.82) is 5.26 Å². The van der Waals surface area contributed by atoms with Gasteiger partial charge in [0.2, 0.25) is 6.41 Å². The fraction of sp³-hybridized carbons (Fsp3) is 0.600. The number of nitrogen functional groups attached to an aromatic ring is 1. The molecular formula is C15H26N5NaO6. The van der Waals surface area contributed by atoms with E-state index < -0.39 is 11.9 Å². The number of carboxylic acids is 1. The number of ether oxygens (including phenoxy) is 3. The van der Waals surface area contributed by atoms with Crippen LogP contribution in [-0.2, 0) is 26.1 Å². The van der Waals surface area contributed by atoms with Crippen molar-refractivity contribution in [3.8, 4) is 6.07 Å². The molecule has 148 valence electrons. The van der Waals surface area contributed by atoms with Crippen LogP contribution < -0.4 is 40.4 Å². The van der Waals surface area contributed by atoms with Gasteiger partial charge in [0.05, 0.1) is 30.4 Å². The fourth-order valence-electron chi connectivity index (χ4n) is 1.40. The molecule has 0 unspecified atom stereocenters. The van der Waals surface area contributed by atoms with Crippen LogP contribution in [0.25, 0.3) is 0 Å². The summed E-state index contributed by atoms with van der Waals surface area (Å²) in [7, 11) is 8.54. The molecule has 0 radical (unpaired) electrons. The monoisotopic (exact) mass is 395 g/mol. The van der Waals surface area contributed by atoms with Crippen LogP contribution in [0.4, 0.5) is 5.82 Å². The Bertz CT molecular complexity index is 584. The van der Waals surface area contributed by atoms with E-state index in [9.17, 15) is 14.7 Å². The molecule has 27 heavy (non-hydrogen) atoms. The third-order valence-electron chi connectivity index (χ3n) is 2.56. The summed E-state index contributed by atoms with van der Waals surface area (Å²) in [5, 5.41) is 21.7. The van der Waals surface area contributed by atoms with Gasteiger partial charge in [0.25, 0.3) is 0 Å². The maximum absolute atomic E-state index is 10.2. The number of hydrogen-bond donors (Lipinski definition) is 1. The predicted molar refractivity (Wildman–Crippen MR) is 90.3 cm³/mol. The molecule has 0 aliphatic rings. The zero-order valence-electron chi connectivity index (χ0n) is 16.9. The minimum absolute atomic E-state index is 0. The summed E-state index contributed by atoms with van der Waals surface area (Å²) in [6.45, 7) is 2.05. The summed E-state index contributed by atoms with van der Waals surface area (Å²) in [6.07, 6.45) is 0.799. The molecule has 12 heteroatoms. The second-order valence-electron chi connectivity index (χ2n) is 4.74. The Morgan fingerprint density at radius 2 is 1.93 bits per heavy atom. The summed E-state index contributed by atoms with van der Waals surface area (Å²) in [4.78, 5) is 22.2. The molecule has 1 rings (SSSR count). The van der Waals surface area contributed by atoms with E-state index >= 15 is 0 Å². The Morgan fingerprint density at radius 3 is 2.11 bits per heavy atom. The zero-order valence-corrected chi connectivity index (χ0v) is 18.9. The number of nitrogens with two attached hydrogens (primary N) is 1. The van der Waals surface area contributed by atoms with E-state index in [-0.39, 0.29) is 53.8 Å². The van der Waals surface area contributed by atoms with Crippen molar-refractivity contribution < 1.29 is 58.5 Å². The first kappa shape index (κ1) is 30.1. The van der Waals surface area contributed by atoms with Crippen molar-refractivity contribution >= 4 is 17.8 Å². The summed E-state index contributed by atoms with van der Waals surface area (Å²) in [6, 6.07) is 1.68. The summed E-state index contributed by atoms with van der Waals surface area (Å²) in [5.41, 5.74) is 5.22. The maximum Gasteiger partial charge on any atom is 1.00 e. The van der Waals surface area contributed by atoms with E-state index in [2.05, 4.69) is 9.84 Å². The minimum Gasteiger partial charge on any atom is -0.545 e. The van der Waals surface area contributed by atoms with Gasteiger partial charge in [-0.15, -0.1) is 0 Å². The van der Waals surface area contributed by atoms with Crippen molar-refractivity contribution in [2.75, 3.05) is 40.7 Å². The van der Waals surface area contributed by atoms with Crippen LogP contribution in [0.3, 0.4) is 0 Å². The Balaban J connectivity index is -0.000000318. The maximum atomic E-state index is 10.2. The van der Waals surface area contributed by atoms with Crippen LogP contribution in [-0.4, -0.2) is 68.0 Å². The largest absolute Gasteiger partial charge is 1.00 e. The molecule has 0 saturated carbocycles. The third kappa shape index (κ3) is 14.1. The molecule has 0 fully saturated rings. The molecule has 11 nitrogen and oxygen atoms in total.